The van der Waals surface area contributed by atoms with Gasteiger partial charge in [0.2, 0.25) is 5.91 Å². The summed E-state index contributed by atoms with van der Waals surface area (Å²) in [5, 5.41) is 8.76. The lowest BCUT2D eigenvalue weighted by Crippen LogP contribution is -2.50. The van der Waals surface area contributed by atoms with E-state index in [1.807, 2.05) is 31.9 Å². The minimum Gasteiger partial charge on any atom is -0.372 e. The summed E-state index contributed by atoms with van der Waals surface area (Å²) in [5.41, 5.74) is 0.509. The highest BCUT2D eigenvalue weighted by molar-refractivity contribution is 5.81. The Labute approximate surface area is 124 Å². The molecule has 1 aliphatic heterocycles. The summed E-state index contributed by atoms with van der Waals surface area (Å²) in [4.78, 5) is 20.1. The normalized spacial score (nSPS) is 21.7. The molecule has 2 heterocycles. The summed E-state index contributed by atoms with van der Waals surface area (Å²) in [6.45, 7) is 5.46. The highest BCUT2D eigenvalue weighted by Gasteiger charge is 2.26. The largest absolute Gasteiger partial charge is 0.372 e. The van der Waals surface area contributed by atoms with Gasteiger partial charge in [-0.2, -0.15) is 5.26 Å². The van der Waals surface area contributed by atoms with Crippen molar-refractivity contribution in [1.29, 1.82) is 5.26 Å². The van der Waals surface area contributed by atoms with Gasteiger partial charge in [-0.25, -0.2) is 4.98 Å². The number of hydrogen-bond acceptors (Lipinski definition) is 5. The van der Waals surface area contributed by atoms with Crippen LogP contribution in [0.25, 0.3) is 0 Å². The van der Waals surface area contributed by atoms with Crippen LogP contribution in [-0.4, -0.2) is 54.7 Å². The molecular formula is C15H20N4O2. The van der Waals surface area contributed by atoms with E-state index in [0.717, 1.165) is 0 Å². The van der Waals surface area contributed by atoms with Crippen molar-refractivity contribution in [3.8, 4) is 6.07 Å². The van der Waals surface area contributed by atoms with E-state index in [9.17, 15) is 4.79 Å². The number of carbonyl (C=O) groups excluding carboxylic acids is 1. The van der Waals surface area contributed by atoms with Crippen molar-refractivity contribution in [2.75, 3.05) is 31.6 Å². The molecule has 0 aromatic carbocycles. The van der Waals surface area contributed by atoms with Crippen LogP contribution in [0.1, 0.15) is 19.4 Å². The molecule has 0 saturated carbocycles. The third-order valence-corrected chi connectivity index (χ3v) is 3.41. The van der Waals surface area contributed by atoms with Gasteiger partial charge in [0.05, 0.1) is 24.3 Å². The lowest BCUT2D eigenvalue weighted by Gasteiger charge is -2.36. The Kier molecular flexibility index (Phi) is 4.76. The fourth-order valence-electron chi connectivity index (χ4n) is 2.44. The van der Waals surface area contributed by atoms with E-state index in [2.05, 4.69) is 4.98 Å². The quantitative estimate of drug-likeness (QED) is 0.830. The van der Waals surface area contributed by atoms with Crippen LogP contribution >= 0.6 is 0 Å². The van der Waals surface area contributed by atoms with Crippen LogP contribution in [0.15, 0.2) is 18.3 Å². The molecule has 0 bridgehead atoms. The number of nitrogens with zero attached hydrogens (tertiary/aromatic N) is 4. The van der Waals surface area contributed by atoms with Crippen molar-refractivity contribution in [1.82, 2.24) is 9.88 Å². The van der Waals surface area contributed by atoms with Crippen molar-refractivity contribution in [2.45, 2.75) is 26.1 Å². The SMILES string of the molecule is C[C@@H]1CN(C(=O)CN(C)c2ccc(C#N)cn2)C[C@H](C)O1. The van der Waals surface area contributed by atoms with Gasteiger partial charge in [-0.05, 0) is 26.0 Å². The Morgan fingerprint density at radius 1 is 1.48 bits per heavy atom. The number of morpholine rings is 1. The molecule has 2 atom stereocenters. The van der Waals surface area contributed by atoms with Crippen LogP contribution in [0.4, 0.5) is 5.82 Å². The Morgan fingerprint density at radius 2 is 2.14 bits per heavy atom. The summed E-state index contributed by atoms with van der Waals surface area (Å²) >= 11 is 0. The maximum Gasteiger partial charge on any atom is 0.242 e. The molecule has 1 aromatic rings. The topological polar surface area (TPSA) is 69.5 Å². The number of hydrogen-bond donors (Lipinski definition) is 0. The van der Waals surface area contributed by atoms with Gasteiger partial charge in [0.15, 0.2) is 0 Å². The molecule has 6 nitrogen and oxygen atoms in total. The van der Waals surface area contributed by atoms with Crippen molar-refractivity contribution in [3.05, 3.63) is 23.9 Å². The van der Waals surface area contributed by atoms with Crippen molar-refractivity contribution in [3.63, 3.8) is 0 Å². The number of ether oxygens (including phenoxy) is 1. The lowest BCUT2D eigenvalue weighted by molar-refractivity contribution is -0.141. The van der Waals surface area contributed by atoms with Crippen LogP contribution < -0.4 is 4.90 Å². The molecule has 1 saturated heterocycles. The molecule has 0 N–H and O–H groups in total. The zero-order chi connectivity index (χ0) is 15.4. The van der Waals surface area contributed by atoms with Gasteiger partial charge >= 0.3 is 0 Å². The lowest BCUT2D eigenvalue weighted by atomic mass is 10.2. The molecule has 1 aliphatic rings. The van der Waals surface area contributed by atoms with E-state index in [1.54, 1.807) is 17.0 Å². The fourth-order valence-corrected chi connectivity index (χ4v) is 2.44. The minimum absolute atomic E-state index is 0.0608. The van der Waals surface area contributed by atoms with Crippen LogP contribution in [0.5, 0.6) is 0 Å². The summed E-state index contributed by atoms with van der Waals surface area (Å²) in [6.07, 6.45) is 1.64. The van der Waals surface area contributed by atoms with Crippen molar-refractivity contribution in [2.24, 2.45) is 0 Å². The second-order valence-corrected chi connectivity index (χ2v) is 5.43. The van der Waals surface area contributed by atoms with Gasteiger partial charge < -0.3 is 14.5 Å². The summed E-state index contributed by atoms with van der Waals surface area (Å²) < 4.78 is 5.63. The van der Waals surface area contributed by atoms with Gasteiger partial charge in [-0.15, -0.1) is 0 Å². The first-order valence-corrected chi connectivity index (χ1v) is 7.00. The molecule has 1 fully saturated rings. The Bertz CT molecular complexity index is 528. The van der Waals surface area contributed by atoms with Gasteiger partial charge in [0.1, 0.15) is 11.9 Å². The average molecular weight is 288 g/mol. The fraction of sp³-hybridized carbons (Fsp3) is 0.533. The van der Waals surface area contributed by atoms with Crippen LogP contribution in [0.2, 0.25) is 0 Å². The molecular weight excluding hydrogens is 268 g/mol. The van der Waals surface area contributed by atoms with E-state index >= 15 is 0 Å². The standard InChI is InChI=1S/C15H20N4O2/c1-11-8-19(9-12(2)21-11)15(20)10-18(3)14-5-4-13(6-16)7-17-14/h4-5,7,11-12H,8-10H2,1-3H3/t11-,12+. The van der Waals surface area contributed by atoms with Crippen LogP contribution in [-0.2, 0) is 9.53 Å². The Balaban J connectivity index is 1.96. The molecule has 1 amide bonds. The zero-order valence-corrected chi connectivity index (χ0v) is 12.6. The van der Waals surface area contributed by atoms with Crippen LogP contribution in [0.3, 0.4) is 0 Å². The molecule has 1 aromatic heterocycles. The molecule has 112 valence electrons. The Morgan fingerprint density at radius 3 is 2.67 bits per heavy atom. The number of likely N-dealkylation sites (N-methyl/N-ethyl adjacent to an activating group) is 1. The van der Waals surface area contributed by atoms with Crippen molar-refractivity contribution < 1.29 is 9.53 Å². The van der Waals surface area contributed by atoms with Crippen LogP contribution in [0, 0.1) is 11.3 Å². The molecule has 21 heavy (non-hydrogen) atoms. The summed E-state index contributed by atoms with van der Waals surface area (Å²) in [6, 6.07) is 5.47. The maximum atomic E-state index is 12.3. The molecule has 0 spiro atoms. The number of anilines is 1. The number of nitriles is 1. The minimum atomic E-state index is 0.0608. The molecule has 0 aliphatic carbocycles. The number of carbonyl (C=O) groups is 1. The molecule has 0 unspecified atom stereocenters. The number of amides is 1. The first-order chi connectivity index (χ1) is 9.99. The highest BCUT2D eigenvalue weighted by atomic mass is 16.5. The monoisotopic (exact) mass is 288 g/mol. The van der Waals surface area contributed by atoms with E-state index in [0.29, 0.717) is 24.5 Å². The van der Waals surface area contributed by atoms with Gasteiger partial charge in [-0.3, -0.25) is 4.79 Å². The van der Waals surface area contributed by atoms with E-state index in [1.165, 1.54) is 6.20 Å². The number of rotatable bonds is 3. The second-order valence-electron chi connectivity index (χ2n) is 5.43. The van der Waals surface area contributed by atoms with Gasteiger partial charge in [0, 0.05) is 26.3 Å². The second kappa shape index (κ2) is 6.55. The molecule has 6 heteroatoms. The summed E-state index contributed by atoms with van der Waals surface area (Å²) in [5.74, 6) is 0.738. The summed E-state index contributed by atoms with van der Waals surface area (Å²) in [7, 11) is 1.82. The molecule has 0 radical (unpaired) electrons. The van der Waals surface area contributed by atoms with E-state index in [4.69, 9.17) is 10.00 Å². The Hall–Kier alpha value is -2.13. The first-order valence-electron chi connectivity index (χ1n) is 7.00. The average Bonchev–Trinajstić information content (AvgIpc) is 2.46. The number of aromatic nitrogens is 1. The van der Waals surface area contributed by atoms with Gasteiger partial charge in [0.25, 0.3) is 0 Å². The smallest absolute Gasteiger partial charge is 0.242 e. The zero-order valence-electron chi connectivity index (χ0n) is 12.6. The third-order valence-electron chi connectivity index (χ3n) is 3.41. The van der Waals surface area contributed by atoms with E-state index in [-0.39, 0.29) is 24.7 Å². The first kappa shape index (κ1) is 15.3. The van der Waals surface area contributed by atoms with Gasteiger partial charge in [-0.1, -0.05) is 0 Å². The molecule has 2 rings (SSSR count). The predicted molar refractivity (Wildman–Crippen MR) is 78.8 cm³/mol. The highest BCUT2D eigenvalue weighted by Crippen LogP contribution is 2.13. The predicted octanol–water partition coefficient (Wildman–Crippen LogP) is 1.03. The third kappa shape index (κ3) is 3.92. The van der Waals surface area contributed by atoms with E-state index < -0.39 is 0 Å². The number of pyridine rings is 1. The van der Waals surface area contributed by atoms with Crippen molar-refractivity contribution >= 4 is 11.7 Å². The maximum absolute atomic E-state index is 12.3.